The first kappa shape index (κ1) is 11.1. The molecule has 0 amide bonds. The summed E-state index contributed by atoms with van der Waals surface area (Å²) in [6.45, 7) is 2.73. The number of benzene rings is 1. The molecule has 1 N–H and O–H groups in total. The number of hydrogen-bond acceptors (Lipinski definition) is 3. The van der Waals surface area contributed by atoms with Crippen LogP contribution in [0.4, 0.5) is 5.69 Å². The molecule has 16 heavy (non-hydrogen) atoms. The largest absolute Gasteiger partial charge is 0.394 e. The van der Waals surface area contributed by atoms with E-state index in [4.69, 9.17) is 0 Å². The maximum atomic E-state index is 11.3. The Kier molecular flexibility index (Phi) is 3.25. The van der Waals surface area contributed by atoms with E-state index in [9.17, 15) is 9.90 Å². The van der Waals surface area contributed by atoms with Gasteiger partial charge < -0.3 is 10.0 Å². The van der Waals surface area contributed by atoms with Gasteiger partial charge in [-0.3, -0.25) is 4.79 Å². The van der Waals surface area contributed by atoms with E-state index < -0.39 is 0 Å². The molecule has 0 spiro atoms. The molecule has 0 aliphatic carbocycles. The van der Waals surface area contributed by atoms with Gasteiger partial charge in [0.1, 0.15) is 0 Å². The summed E-state index contributed by atoms with van der Waals surface area (Å²) >= 11 is 0. The van der Waals surface area contributed by atoms with Crippen LogP contribution in [-0.4, -0.2) is 30.1 Å². The van der Waals surface area contributed by atoms with Crippen LogP contribution < -0.4 is 4.90 Å². The summed E-state index contributed by atoms with van der Waals surface area (Å²) in [5.74, 6) is 0.0848. The highest BCUT2D eigenvalue weighted by atomic mass is 16.3. The molecule has 1 fully saturated rings. The molecule has 3 heteroatoms. The van der Waals surface area contributed by atoms with E-state index in [1.165, 1.54) is 0 Å². The molecule has 1 heterocycles. The number of aliphatic hydroxyl groups is 1. The van der Waals surface area contributed by atoms with Gasteiger partial charge in [-0.1, -0.05) is 12.1 Å². The molecule has 0 saturated carbocycles. The number of carbonyl (C=O) groups excluding carboxylic acids is 1. The van der Waals surface area contributed by atoms with E-state index in [-0.39, 0.29) is 18.4 Å². The zero-order valence-corrected chi connectivity index (χ0v) is 9.52. The smallest absolute Gasteiger partial charge is 0.159 e. The van der Waals surface area contributed by atoms with Crippen molar-refractivity contribution in [2.45, 2.75) is 25.8 Å². The van der Waals surface area contributed by atoms with Crippen molar-refractivity contribution < 1.29 is 9.90 Å². The lowest BCUT2D eigenvalue weighted by atomic mass is 10.1. The average Bonchev–Trinajstić information content (AvgIpc) is 2.77. The molecule has 1 aliphatic rings. The molecular weight excluding hydrogens is 202 g/mol. The van der Waals surface area contributed by atoms with Crippen LogP contribution in [0.5, 0.6) is 0 Å². The van der Waals surface area contributed by atoms with Crippen LogP contribution >= 0.6 is 0 Å². The monoisotopic (exact) mass is 219 g/mol. The summed E-state index contributed by atoms with van der Waals surface area (Å²) in [4.78, 5) is 13.5. The zero-order valence-electron chi connectivity index (χ0n) is 9.52. The molecular formula is C13H17NO2. The van der Waals surface area contributed by atoms with Crippen LogP contribution in [0.15, 0.2) is 24.3 Å². The fourth-order valence-electron chi connectivity index (χ4n) is 2.27. The zero-order chi connectivity index (χ0) is 11.5. The van der Waals surface area contributed by atoms with Gasteiger partial charge in [0.2, 0.25) is 0 Å². The van der Waals surface area contributed by atoms with Crippen molar-refractivity contribution in [3.05, 3.63) is 29.8 Å². The molecule has 1 saturated heterocycles. The predicted octanol–water partition coefficient (Wildman–Crippen LogP) is 1.85. The lowest BCUT2D eigenvalue weighted by Gasteiger charge is -2.25. The molecule has 1 unspecified atom stereocenters. The Morgan fingerprint density at radius 1 is 1.56 bits per heavy atom. The van der Waals surface area contributed by atoms with Crippen LogP contribution in [0.3, 0.4) is 0 Å². The Labute approximate surface area is 95.7 Å². The van der Waals surface area contributed by atoms with Crippen molar-refractivity contribution in [3.8, 4) is 0 Å². The van der Waals surface area contributed by atoms with Gasteiger partial charge in [0.15, 0.2) is 5.78 Å². The average molecular weight is 219 g/mol. The normalized spacial score (nSPS) is 20.1. The molecule has 2 rings (SSSR count). The van der Waals surface area contributed by atoms with Gasteiger partial charge in [-0.25, -0.2) is 0 Å². The topological polar surface area (TPSA) is 40.5 Å². The highest BCUT2D eigenvalue weighted by Gasteiger charge is 2.23. The standard InChI is InChI=1S/C13H17NO2/c1-10(16)11-4-2-5-12(8-11)14-7-3-6-13(14)9-15/h2,4-5,8,13,15H,3,6-7,9H2,1H3. The first-order valence-corrected chi connectivity index (χ1v) is 5.71. The summed E-state index contributed by atoms with van der Waals surface area (Å²) in [7, 11) is 0. The number of anilines is 1. The van der Waals surface area contributed by atoms with Crippen LogP contribution in [0.2, 0.25) is 0 Å². The van der Waals surface area contributed by atoms with Gasteiger partial charge in [-0.15, -0.1) is 0 Å². The fourth-order valence-corrected chi connectivity index (χ4v) is 2.27. The second-order valence-electron chi connectivity index (χ2n) is 4.28. The Hall–Kier alpha value is -1.35. The lowest BCUT2D eigenvalue weighted by Crippen LogP contribution is -2.32. The Bertz CT molecular complexity index is 389. The maximum absolute atomic E-state index is 11.3. The van der Waals surface area contributed by atoms with Gasteiger partial charge in [-0.05, 0) is 31.9 Å². The minimum absolute atomic E-state index is 0.0848. The molecule has 1 aliphatic heterocycles. The molecule has 86 valence electrons. The van der Waals surface area contributed by atoms with Crippen molar-refractivity contribution in [1.29, 1.82) is 0 Å². The van der Waals surface area contributed by atoms with Crippen molar-refractivity contribution in [3.63, 3.8) is 0 Å². The molecule has 0 radical (unpaired) electrons. The Morgan fingerprint density at radius 2 is 2.38 bits per heavy atom. The third kappa shape index (κ3) is 2.09. The van der Waals surface area contributed by atoms with Gasteiger partial charge in [0.25, 0.3) is 0 Å². The van der Waals surface area contributed by atoms with Crippen molar-refractivity contribution in [2.75, 3.05) is 18.1 Å². The summed E-state index contributed by atoms with van der Waals surface area (Å²) < 4.78 is 0. The highest BCUT2D eigenvalue weighted by Crippen LogP contribution is 2.26. The summed E-state index contributed by atoms with van der Waals surface area (Å²) in [5, 5.41) is 9.27. The third-order valence-electron chi connectivity index (χ3n) is 3.17. The van der Waals surface area contributed by atoms with E-state index in [1.807, 2.05) is 24.3 Å². The van der Waals surface area contributed by atoms with E-state index in [0.717, 1.165) is 30.6 Å². The number of rotatable bonds is 3. The highest BCUT2D eigenvalue weighted by molar-refractivity contribution is 5.95. The van der Waals surface area contributed by atoms with Crippen LogP contribution in [-0.2, 0) is 0 Å². The minimum atomic E-state index is 0.0848. The molecule has 1 aromatic carbocycles. The molecule has 0 aromatic heterocycles. The van der Waals surface area contributed by atoms with Gasteiger partial charge in [0.05, 0.1) is 12.6 Å². The maximum Gasteiger partial charge on any atom is 0.159 e. The molecule has 3 nitrogen and oxygen atoms in total. The Morgan fingerprint density at radius 3 is 3.06 bits per heavy atom. The molecule has 1 aromatic rings. The van der Waals surface area contributed by atoms with E-state index >= 15 is 0 Å². The van der Waals surface area contributed by atoms with Crippen LogP contribution in [0.1, 0.15) is 30.1 Å². The minimum Gasteiger partial charge on any atom is -0.394 e. The van der Waals surface area contributed by atoms with Crippen molar-refractivity contribution >= 4 is 11.5 Å². The van der Waals surface area contributed by atoms with Crippen molar-refractivity contribution in [2.24, 2.45) is 0 Å². The van der Waals surface area contributed by atoms with Gasteiger partial charge in [0, 0.05) is 17.8 Å². The number of aliphatic hydroxyl groups excluding tert-OH is 1. The van der Waals surface area contributed by atoms with Gasteiger partial charge in [-0.2, -0.15) is 0 Å². The fraction of sp³-hybridized carbons (Fsp3) is 0.462. The SMILES string of the molecule is CC(=O)c1cccc(N2CCCC2CO)c1. The van der Waals surface area contributed by atoms with Gasteiger partial charge >= 0.3 is 0 Å². The summed E-state index contributed by atoms with van der Waals surface area (Å²) in [5.41, 5.74) is 1.78. The number of carbonyl (C=O) groups is 1. The van der Waals surface area contributed by atoms with E-state index in [2.05, 4.69) is 4.90 Å². The quantitative estimate of drug-likeness (QED) is 0.789. The Balaban J connectivity index is 2.26. The first-order chi connectivity index (χ1) is 7.72. The van der Waals surface area contributed by atoms with E-state index in [0.29, 0.717) is 0 Å². The molecule has 1 atom stereocenters. The number of Topliss-reactive ketones (excluding diaryl/α,β-unsaturated/α-hetero) is 1. The van der Waals surface area contributed by atoms with E-state index in [1.54, 1.807) is 6.92 Å². The summed E-state index contributed by atoms with van der Waals surface area (Å²) in [6, 6.07) is 7.85. The summed E-state index contributed by atoms with van der Waals surface area (Å²) in [6.07, 6.45) is 2.14. The number of hydrogen-bond donors (Lipinski definition) is 1. The number of ketones is 1. The predicted molar refractivity (Wildman–Crippen MR) is 63.9 cm³/mol. The van der Waals surface area contributed by atoms with Crippen molar-refractivity contribution in [1.82, 2.24) is 0 Å². The lowest BCUT2D eigenvalue weighted by molar-refractivity contribution is 0.101. The third-order valence-corrected chi connectivity index (χ3v) is 3.17. The number of nitrogens with zero attached hydrogens (tertiary/aromatic N) is 1. The second-order valence-corrected chi connectivity index (χ2v) is 4.28. The first-order valence-electron chi connectivity index (χ1n) is 5.71. The van der Waals surface area contributed by atoms with Crippen LogP contribution in [0, 0.1) is 0 Å². The second kappa shape index (κ2) is 4.66. The van der Waals surface area contributed by atoms with Crippen LogP contribution in [0.25, 0.3) is 0 Å². The molecule has 0 bridgehead atoms.